The Labute approximate surface area is 111 Å². The quantitative estimate of drug-likeness (QED) is 0.713. The van der Waals surface area contributed by atoms with Crippen molar-refractivity contribution in [3.05, 3.63) is 66.1 Å². The number of fused-ring (bicyclic) bond motifs is 1. The lowest BCUT2D eigenvalue weighted by Gasteiger charge is -2.05. The average molecular weight is 247 g/mol. The topological polar surface area (TPSA) is 41.6 Å². The van der Waals surface area contributed by atoms with Gasteiger partial charge in [-0.3, -0.25) is 4.98 Å². The summed E-state index contributed by atoms with van der Waals surface area (Å²) in [7, 11) is 0. The maximum Gasteiger partial charge on any atom is 0.0991 e. The summed E-state index contributed by atoms with van der Waals surface area (Å²) in [6, 6.07) is 14.1. The molecule has 0 bridgehead atoms. The van der Waals surface area contributed by atoms with E-state index >= 15 is 0 Å². The molecule has 0 saturated heterocycles. The van der Waals surface area contributed by atoms with E-state index in [0.717, 1.165) is 18.4 Å². The van der Waals surface area contributed by atoms with E-state index in [1.165, 1.54) is 11.1 Å². The Hall–Kier alpha value is -2.60. The molecule has 2 heterocycles. The van der Waals surface area contributed by atoms with Crippen molar-refractivity contribution in [1.29, 1.82) is 5.26 Å². The van der Waals surface area contributed by atoms with E-state index in [0.29, 0.717) is 5.56 Å². The van der Waals surface area contributed by atoms with E-state index in [1.807, 2.05) is 30.5 Å². The van der Waals surface area contributed by atoms with Crippen LogP contribution in [0.1, 0.15) is 11.1 Å². The van der Waals surface area contributed by atoms with E-state index in [-0.39, 0.29) is 0 Å². The molecule has 3 heteroatoms. The molecule has 1 aromatic carbocycles. The Bertz CT molecular complexity index is 736. The van der Waals surface area contributed by atoms with Gasteiger partial charge in [-0.05, 0) is 42.3 Å². The number of benzene rings is 1. The van der Waals surface area contributed by atoms with Crippen LogP contribution in [0.25, 0.3) is 10.9 Å². The molecule has 3 rings (SSSR count). The van der Waals surface area contributed by atoms with Crippen molar-refractivity contribution < 1.29 is 0 Å². The zero-order valence-electron chi connectivity index (χ0n) is 10.5. The first-order chi connectivity index (χ1) is 9.36. The molecule has 3 aromatic rings. The normalized spacial score (nSPS) is 10.5. The number of nitrogens with zero attached hydrogens (tertiary/aromatic N) is 3. The van der Waals surface area contributed by atoms with E-state index in [9.17, 15) is 0 Å². The number of hydrogen-bond acceptors (Lipinski definition) is 2. The van der Waals surface area contributed by atoms with Crippen LogP contribution >= 0.6 is 0 Å². The number of nitriles is 1. The Morgan fingerprint density at radius 2 is 2.16 bits per heavy atom. The first kappa shape index (κ1) is 11.5. The molecule has 0 atom stereocenters. The standard InChI is InChI=1S/C16H13N3/c17-11-14-3-4-16-15(10-14)6-9-19(16)8-5-13-2-1-7-18-12-13/h1-4,6-7,9-10,12H,5,8H2. The predicted octanol–water partition coefficient (Wildman–Crippen LogP) is 3.15. The fourth-order valence-corrected chi connectivity index (χ4v) is 2.26. The maximum absolute atomic E-state index is 8.89. The van der Waals surface area contributed by atoms with Crippen LogP contribution in [0.2, 0.25) is 0 Å². The summed E-state index contributed by atoms with van der Waals surface area (Å²) in [6.45, 7) is 0.918. The van der Waals surface area contributed by atoms with Crippen molar-refractivity contribution in [2.75, 3.05) is 0 Å². The molecule has 0 aliphatic heterocycles. The van der Waals surface area contributed by atoms with Gasteiger partial charge in [0.25, 0.3) is 0 Å². The highest BCUT2D eigenvalue weighted by atomic mass is 14.9. The van der Waals surface area contributed by atoms with Gasteiger partial charge in [0.15, 0.2) is 0 Å². The third-order valence-electron chi connectivity index (χ3n) is 3.26. The summed E-state index contributed by atoms with van der Waals surface area (Å²) >= 11 is 0. The van der Waals surface area contributed by atoms with Crippen molar-refractivity contribution in [3.8, 4) is 6.07 Å². The van der Waals surface area contributed by atoms with E-state index < -0.39 is 0 Å². The molecule has 0 amide bonds. The van der Waals surface area contributed by atoms with Gasteiger partial charge in [0.1, 0.15) is 0 Å². The summed E-state index contributed by atoms with van der Waals surface area (Å²) in [5, 5.41) is 10.0. The van der Waals surface area contributed by atoms with E-state index in [4.69, 9.17) is 5.26 Å². The molecule has 0 saturated carbocycles. The third kappa shape index (κ3) is 2.34. The summed E-state index contributed by atoms with van der Waals surface area (Å²) < 4.78 is 2.21. The van der Waals surface area contributed by atoms with Crippen LogP contribution in [-0.2, 0) is 13.0 Å². The van der Waals surface area contributed by atoms with Gasteiger partial charge < -0.3 is 4.57 Å². The number of aromatic nitrogens is 2. The molecule has 19 heavy (non-hydrogen) atoms. The average Bonchev–Trinajstić information content (AvgIpc) is 2.88. The highest BCUT2D eigenvalue weighted by molar-refractivity contribution is 5.81. The van der Waals surface area contributed by atoms with Crippen molar-refractivity contribution in [1.82, 2.24) is 9.55 Å². The minimum atomic E-state index is 0.706. The molecule has 0 aliphatic carbocycles. The lowest BCUT2D eigenvalue weighted by molar-refractivity contribution is 0.721. The number of aryl methyl sites for hydroxylation is 2. The minimum absolute atomic E-state index is 0.706. The van der Waals surface area contributed by atoms with Crippen molar-refractivity contribution in [2.24, 2.45) is 0 Å². The number of rotatable bonds is 3. The summed E-state index contributed by atoms with van der Waals surface area (Å²) in [5.74, 6) is 0. The summed E-state index contributed by atoms with van der Waals surface area (Å²) in [4.78, 5) is 4.12. The molecular weight excluding hydrogens is 234 g/mol. The van der Waals surface area contributed by atoms with Crippen LogP contribution in [0.4, 0.5) is 0 Å². The van der Waals surface area contributed by atoms with Gasteiger partial charge in [-0.2, -0.15) is 5.26 Å². The minimum Gasteiger partial charge on any atom is -0.347 e. The fourth-order valence-electron chi connectivity index (χ4n) is 2.26. The van der Waals surface area contributed by atoms with Crippen molar-refractivity contribution >= 4 is 10.9 Å². The van der Waals surface area contributed by atoms with E-state index in [2.05, 4.69) is 33.9 Å². The molecule has 0 unspecified atom stereocenters. The molecule has 92 valence electrons. The molecule has 0 spiro atoms. The van der Waals surface area contributed by atoms with Crippen molar-refractivity contribution in [3.63, 3.8) is 0 Å². The van der Waals surface area contributed by atoms with E-state index in [1.54, 1.807) is 6.20 Å². The Kier molecular flexibility index (Phi) is 2.99. The lowest BCUT2D eigenvalue weighted by atomic mass is 10.2. The highest BCUT2D eigenvalue weighted by Gasteiger charge is 2.02. The maximum atomic E-state index is 8.89. The van der Waals surface area contributed by atoms with Gasteiger partial charge in [0.2, 0.25) is 0 Å². The van der Waals surface area contributed by atoms with Crippen LogP contribution in [0.5, 0.6) is 0 Å². The monoisotopic (exact) mass is 247 g/mol. The smallest absolute Gasteiger partial charge is 0.0991 e. The Balaban J connectivity index is 1.84. The molecule has 0 N–H and O–H groups in total. The molecule has 0 aliphatic rings. The first-order valence-electron chi connectivity index (χ1n) is 6.25. The second-order valence-corrected chi connectivity index (χ2v) is 4.51. The molecule has 2 aromatic heterocycles. The molecular formula is C16H13N3. The first-order valence-corrected chi connectivity index (χ1v) is 6.25. The third-order valence-corrected chi connectivity index (χ3v) is 3.26. The molecule has 3 nitrogen and oxygen atoms in total. The van der Waals surface area contributed by atoms with Gasteiger partial charge in [-0.15, -0.1) is 0 Å². The SMILES string of the molecule is N#Cc1ccc2c(ccn2CCc2cccnc2)c1. The van der Waals surface area contributed by atoms with Gasteiger partial charge in [-0.1, -0.05) is 6.07 Å². The number of pyridine rings is 1. The van der Waals surface area contributed by atoms with Crippen LogP contribution in [0, 0.1) is 11.3 Å². The van der Waals surface area contributed by atoms with Gasteiger partial charge in [0.05, 0.1) is 11.6 Å². The molecule has 0 fully saturated rings. The summed E-state index contributed by atoms with van der Waals surface area (Å²) in [5.41, 5.74) is 3.11. The second kappa shape index (κ2) is 4.95. The van der Waals surface area contributed by atoms with Crippen LogP contribution in [-0.4, -0.2) is 9.55 Å². The highest BCUT2D eigenvalue weighted by Crippen LogP contribution is 2.18. The van der Waals surface area contributed by atoms with Crippen LogP contribution in [0.3, 0.4) is 0 Å². The Morgan fingerprint density at radius 3 is 2.95 bits per heavy atom. The second-order valence-electron chi connectivity index (χ2n) is 4.51. The van der Waals surface area contributed by atoms with Gasteiger partial charge >= 0.3 is 0 Å². The van der Waals surface area contributed by atoms with Gasteiger partial charge in [-0.25, -0.2) is 0 Å². The van der Waals surface area contributed by atoms with Crippen LogP contribution < -0.4 is 0 Å². The largest absolute Gasteiger partial charge is 0.347 e. The lowest BCUT2D eigenvalue weighted by Crippen LogP contribution is -1.99. The zero-order valence-corrected chi connectivity index (χ0v) is 10.5. The van der Waals surface area contributed by atoms with Crippen molar-refractivity contribution in [2.45, 2.75) is 13.0 Å². The number of hydrogen-bond donors (Lipinski definition) is 0. The fraction of sp³-hybridized carbons (Fsp3) is 0.125. The predicted molar refractivity (Wildman–Crippen MR) is 74.6 cm³/mol. The molecule has 0 radical (unpaired) electrons. The van der Waals surface area contributed by atoms with Crippen LogP contribution in [0.15, 0.2) is 55.0 Å². The zero-order chi connectivity index (χ0) is 13.1. The van der Waals surface area contributed by atoms with Gasteiger partial charge in [0, 0.05) is 36.0 Å². The summed E-state index contributed by atoms with van der Waals surface area (Å²) in [6.07, 6.45) is 6.72. The Morgan fingerprint density at radius 1 is 1.21 bits per heavy atom.